The molecule has 0 saturated heterocycles. The van der Waals surface area contributed by atoms with Crippen LogP contribution in [0.25, 0.3) is 5.82 Å². The second-order valence-corrected chi connectivity index (χ2v) is 4.17. The third-order valence-electron chi connectivity index (χ3n) is 2.78. The second kappa shape index (κ2) is 4.29. The zero-order chi connectivity index (χ0) is 12.6. The Labute approximate surface area is 100 Å². The van der Waals surface area contributed by atoms with Gasteiger partial charge in [-0.2, -0.15) is 9.78 Å². The third-order valence-corrected chi connectivity index (χ3v) is 2.78. The molecular formula is C11H18N6. The van der Waals surface area contributed by atoms with Gasteiger partial charge in [-0.1, -0.05) is 0 Å². The van der Waals surface area contributed by atoms with Gasteiger partial charge >= 0.3 is 0 Å². The van der Waals surface area contributed by atoms with Gasteiger partial charge < -0.3 is 5.73 Å². The topological polar surface area (TPSA) is 74.6 Å². The van der Waals surface area contributed by atoms with E-state index in [4.69, 9.17) is 5.73 Å². The summed E-state index contributed by atoms with van der Waals surface area (Å²) in [7, 11) is 1.92. The first-order valence-corrected chi connectivity index (χ1v) is 5.67. The quantitative estimate of drug-likeness (QED) is 0.835. The molecule has 0 aliphatic carbocycles. The normalized spacial score (nSPS) is 11.1. The number of nitrogens with two attached hydrogens (primary N) is 1. The summed E-state index contributed by atoms with van der Waals surface area (Å²) < 4.78 is 3.67. The molecule has 92 valence electrons. The molecule has 0 aliphatic heterocycles. The van der Waals surface area contributed by atoms with E-state index < -0.39 is 0 Å². The van der Waals surface area contributed by atoms with Crippen molar-refractivity contribution in [1.29, 1.82) is 0 Å². The molecule has 0 spiro atoms. The van der Waals surface area contributed by atoms with Crippen LogP contribution in [0.4, 0.5) is 0 Å². The molecule has 6 nitrogen and oxygen atoms in total. The predicted octanol–water partition coefficient (Wildman–Crippen LogP) is 0.427. The van der Waals surface area contributed by atoms with Crippen molar-refractivity contribution in [2.24, 2.45) is 12.8 Å². The maximum absolute atomic E-state index is 5.65. The fraction of sp³-hybridized carbons (Fsp3) is 0.545. The Bertz CT molecular complexity index is 536. The maximum atomic E-state index is 5.65. The summed E-state index contributed by atoms with van der Waals surface area (Å²) in [6.07, 6.45) is 0.799. The third kappa shape index (κ3) is 1.95. The van der Waals surface area contributed by atoms with Gasteiger partial charge in [-0.15, -0.1) is 5.10 Å². The van der Waals surface area contributed by atoms with Gasteiger partial charge in [-0.05, 0) is 33.7 Å². The Balaban J connectivity index is 2.61. The summed E-state index contributed by atoms with van der Waals surface area (Å²) in [5.41, 5.74) is 7.79. The summed E-state index contributed by atoms with van der Waals surface area (Å²) in [5, 5.41) is 8.83. The Hall–Kier alpha value is -1.69. The van der Waals surface area contributed by atoms with Gasteiger partial charge in [0.2, 0.25) is 0 Å². The zero-order valence-corrected chi connectivity index (χ0v) is 10.7. The molecule has 0 saturated carbocycles. The molecule has 0 amide bonds. The van der Waals surface area contributed by atoms with Crippen molar-refractivity contribution < 1.29 is 0 Å². The van der Waals surface area contributed by atoms with E-state index in [0.717, 1.165) is 35.1 Å². The van der Waals surface area contributed by atoms with Crippen LogP contribution in [0.2, 0.25) is 0 Å². The van der Waals surface area contributed by atoms with Gasteiger partial charge in [0, 0.05) is 12.6 Å². The Morgan fingerprint density at radius 2 is 1.88 bits per heavy atom. The number of hydrogen-bond acceptors (Lipinski definition) is 4. The number of aromatic nitrogens is 5. The minimum Gasteiger partial charge on any atom is -0.330 e. The lowest BCUT2D eigenvalue weighted by molar-refractivity contribution is 0.678. The molecule has 0 aromatic carbocycles. The molecule has 2 aromatic heterocycles. The van der Waals surface area contributed by atoms with Crippen molar-refractivity contribution in [2.75, 3.05) is 6.54 Å². The van der Waals surface area contributed by atoms with Crippen LogP contribution >= 0.6 is 0 Å². The number of nitrogens with zero attached hydrogens (tertiary/aromatic N) is 5. The van der Waals surface area contributed by atoms with Crippen molar-refractivity contribution in [3.05, 3.63) is 22.9 Å². The van der Waals surface area contributed by atoms with E-state index in [9.17, 15) is 0 Å². The standard InChI is InChI=1S/C11H18N6/c1-7-10(5-6-12)11(16(4)14-7)17-9(3)13-8(2)15-17/h5-6,12H2,1-4H3. The first-order chi connectivity index (χ1) is 8.04. The highest BCUT2D eigenvalue weighted by atomic mass is 15.4. The van der Waals surface area contributed by atoms with Crippen molar-refractivity contribution in [3.8, 4) is 5.82 Å². The Morgan fingerprint density at radius 1 is 1.18 bits per heavy atom. The minimum atomic E-state index is 0.603. The molecule has 0 unspecified atom stereocenters. The van der Waals surface area contributed by atoms with Gasteiger partial charge in [0.15, 0.2) is 5.82 Å². The van der Waals surface area contributed by atoms with Gasteiger partial charge in [-0.3, -0.25) is 4.68 Å². The van der Waals surface area contributed by atoms with E-state index in [0.29, 0.717) is 6.54 Å². The van der Waals surface area contributed by atoms with E-state index in [1.54, 1.807) is 0 Å². The molecule has 2 aromatic rings. The minimum absolute atomic E-state index is 0.603. The van der Waals surface area contributed by atoms with Crippen LogP contribution in [-0.2, 0) is 13.5 Å². The summed E-state index contributed by atoms with van der Waals surface area (Å²) in [5.74, 6) is 2.59. The van der Waals surface area contributed by atoms with Crippen LogP contribution < -0.4 is 5.73 Å². The van der Waals surface area contributed by atoms with E-state index in [2.05, 4.69) is 15.2 Å². The molecule has 17 heavy (non-hydrogen) atoms. The Kier molecular flexibility index (Phi) is 2.97. The lowest BCUT2D eigenvalue weighted by Crippen LogP contribution is -2.11. The maximum Gasteiger partial charge on any atom is 0.157 e. The van der Waals surface area contributed by atoms with Crippen LogP contribution in [0.3, 0.4) is 0 Å². The first-order valence-electron chi connectivity index (χ1n) is 5.67. The molecule has 0 radical (unpaired) electrons. The molecule has 2 rings (SSSR count). The molecule has 2 N–H and O–H groups in total. The van der Waals surface area contributed by atoms with Gasteiger partial charge in [0.05, 0.1) is 5.69 Å². The highest BCUT2D eigenvalue weighted by Gasteiger charge is 2.17. The van der Waals surface area contributed by atoms with Crippen molar-refractivity contribution in [1.82, 2.24) is 24.5 Å². The fourth-order valence-electron chi connectivity index (χ4n) is 2.11. The lowest BCUT2D eigenvalue weighted by atomic mass is 10.2. The average Bonchev–Trinajstić information content (AvgIpc) is 2.69. The van der Waals surface area contributed by atoms with Crippen LogP contribution in [0.1, 0.15) is 22.9 Å². The average molecular weight is 234 g/mol. The molecule has 2 heterocycles. The van der Waals surface area contributed by atoms with E-state index in [1.807, 2.05) is 37.2 Å². The lowest BCUT2D eigenvalue weighted by Gasteiger charge is -2.06. The van der Waals surface area contributed by atoms with Gasteiger partial charge in [0.1, 0.15) is 11.6 Å². The van der Waals surface area contributed by atoms with Crippen LogP contribution in [-0.4, -0.2) is 31.1 Å². The SMILES string of the molecule is Cc1nc(C)n(-c2c(CCN)c(C)nn2C)n1. The fourth-order valence-corrected chi connectivity index (χ4v) is 2.11. The highest BCUT2D eigenvalue weighted by molar-refractivity contribution is 5.38. The van der Waals surface area contributed by atoms with Crippen molar-refractivity contribution in [2.45, 2.75) is 27.2 Å². The molecule has 0 fully saturated rings. The largest absolute Gasteiger partial charge is 0.330 e. The summed E-state index contributed by atoms with van der Waals surface area (Å²) >= 11 is 0. The molecular weight excluding hydrogens is 216 g/mol. The number of aryl methyl sites for hydroxylation is 4. The van der Waals surface area contributed by atoms with Crippen molar-refractivity contribution in [3.63, 3.8) is 0 Å². The number of rotatable bonds is 3. The summed E-state index contributed by atoms with van der Waals surface area (Å²) in [6.45, 7) is 6.42. The van der Waals surface area contributed by atoms with E-state index in [1.165, 1.54) is 0 Å². The zero-order valence-electron chi connectivity index (χ0n) is 10.7. The number of hydrogen-bond donors (Lipinski definition) is 1. The van der Waals surface area contributed by atoms with Crippen molar-refractivity contribution >= 4 is 0 Å². The molecule has 0 aliphatic rings. The Morgan fingerprint density at radius 3 is 2.41 bits per heavy atom. The predicted molar refractivity (Wildman–Crippen MR) is 65.1 cm³/mol. The monoisotopic (exact) mass is 234 g/mol. The molecule has 0 bridgehead atoms. The smallest absolute Gasteiger partial charge is 0.157 e. The van der Waals surface area contributed by atoms with Gasteiger partial charge in [-0.25, -0.2) is 4.98 Å². The first kappa shape index (κ1) is 11.8. The second-order valence-electron chi connectivity index (χ2n) is 4.17. The van der Waals surface area contributed by atoms with Crippen LogP contribution in [0.15, 0.2) is 0 Å². The van der Waals surface area contributed by atoms with Gasteiger partial charge in [0.25, 0.3) is 0 Å². The molecule has 6 heteroatoms. The van der Waals surface area contributed by atoms with Crippen LogP contribution in [0, 0.1) is 20.8 Å². The molecule has 0 atom stereocenters. The van der Waals surface area contributed by atoms with Crippen LogP contribution in [0.5, 0.6) is 0 Å². The van der Waals surface area contributed by atoms with E-state index in [-0.39, 0.29) is 0 Å². The summed E-state index contributed by atoms with van der Waals surface area (Å²) in [4.78, 5) is 4.32. The summed E-state index contributed by atoms with van der Waals surface area (Å²) in [6, 6.07) is 0. The van der Waals surface area contributed by atoms with E-state index >= 15 is 0 Å². The highest BCUT2D eigenvalue weighted by Crippen LogP contribution is 2.18.